The molecule has 2 aromatic heterocycles. The van der Waals surface area contributed by atoms with Gasteiger partial charge in [0.15, 0.2) is 0 Å². The summed E-state index contributed by atoms with van der Waals surface area (Å²) in [5.41, 5.74) is 0. The molecule has 0 unspecified atom stereocenters. The van der Waals surface area contributed by atoms with Crippen LogP contribution in [0.15, 0.2) is 28.7 Å². The molecule has 0 aromatic carbocycles. The average molecular weight is 275 g/mol. The highest BCUT2D eigenvalue weighted by molar-refractivity contribution is 7.14. The Labute approximate surface area is 115 Å². The number of hydrogen-bond donors (Lipinski definition) is 2. The van der Waals surface area contributed by atoms with Crippen LogP contribution in [0.5, 0.6) is 0 Å². The lowest BCUT2D eigenvalue weighted by Gasteiger charge is -2.00. The summed E-state index contributed by atoms with van der Waals surface area (Å²) in [6.07, 6.45) is 0. The third kappa shape index (κ3) is 3.71. The molecule has 0 aliphatic rings. The second kappa shape index (κ2) is 6.23. The summed E-state index contributed by atoms with van der Waals surface area (Å²) in [6, 6.07) is 7.17. The molecule has 5 heteroatoms. The van der Waals surface area contributed by atoms with E-state index in [0.717, 1.165) is 16.4 Å². The average Bonchev–Trinajstić information content (AvgIpc) is 3.02. The zero-order valence-corrected chi connectivity index (χ0v) is 11.2. The van der Waals surface area contributed by atoms with Gasteiger partial charge in [0, 0.05) is 0 Å². The first-order chi connectivity index (χ1) is 9.19. The molecule has 1 amide bonds. The summed E-state index contributed by atoms with van der Waals surface area (Å²) in [7, 11) is 0. The predicted molar refractivity (Wildman–Crippen MR) is 72.9 cm³/mol. The summed E-state index contributed by atoms with van der Waals surface area (Å²) >= 11 is 1.29. The van der Waals surface area contributed by atoms with Gasteiger partial charge < -0.3 is 14.8 Å². The lowest BCUT2D eigenvalue weighted by atomic mass is 10.4. The number of rotatable bonds is 3. The SMILES string of the molecule is Cc1ccc(CNC(=O)c2ccc(C#CCO)s2)o1. The molecule has 0 atom stereocenters. The fourth-order valence-corrected chi connectivity index (χ4v) is 2.29. The van der Waals surface area contributed by atoms with Gasteiger partial charge in [0.25, 0.3) is 5.91 Å². The smallest absolute Gasteiger partial charge is 0.261 e. The molecular formula is C14H13NO3S. The maximum atomic E-state index is 11.9. The van der Waals surface area contributed by atoms with Crippen molar-refractivity contribution in [2.75, 3.05) is 6.61 Å². The highest BCUT2D eigenvalue weighted by Gasteiger charge is 2.09. The van der Waals surface area contributed by atoms with Gasteiger partial charge in [0.05, 0.1) is 16.3 Å². The third-order valence-corrected chi connectivity index (χ3v) is 3.34. The van der Waals surface area contributed by atoms with Crippen LogP contribution in [0.2, 0.25) is 0 Å². The van der Waals surface area contributed by atoms with E-state index < -0.39 is 0 Å². The van der Waals surface area contributed by atoms with Gasteiger partial charge >= 0.3 is 0 Å². The Hall–Kier alpha value is -2.03. The topological polar surface area (TPSA) is 62.5 Å². The number of thiophene rings is 1. The molecule has 0 saturated carbocycles. The standard InChI is InChI=1S/C14H13NO3S/c1-10-4-5-11(18-10)9-15-14(17)13-7-6-12(19-13)3-2-8-16/h4-7,16H,8-9H2,1H3,(H,15,17). The molecule has 0 aliphatic heterocycles. The number of aliphatic hydroxyl groups is 1. The minimum Gasteiger partial charge on any atom is -0.465 e. The molecule has 2 rings (SSSR count). The summed E-state index contributed by atoms with van der Waals surface area (Å²) < 4.78 is 5.37. The van der Waals surface area contributed by atoms with E-state index in [9.17, 15) is 4.79 Å². The number of carbonyl (C=O) groups is 1. The van der Waals surface area contributed by atoms with Gasteiger partial charge in [0.2, 0.25) is 0 Å². The molecule has 2 aromatic rings. The molecule has 2 N–H and O–H groups in total. The van der Waals surface area contributed by atoms with E-state index in [4.69, 9.17) is 9.52 Å². The van der Waals surface area contributed by atoms with E-state index in [1.807, 2.05) is 19.1 Å². The first kappa shape index (κ1) is 13.4. The Morgan fingerprint density at radius 2 is 2.26 bits per heavy atom. The zero-order chi connectivity index (χ0) is 13.7. The van der Waals surface area contributed by atoms with Gasteiger partial charge in [0.1, 0.15) is 18.1 Å². The van der Waals surface area contributed by atoms with Crippen LogP contribution >= 0.6 is 11.3 Å². The van der Waals surface area contributed by atoms with Crippen LogP contribution in [0.1, 0.15) is 26.1 Å². The highest BCUT2D eigenvalue weighted by Crippen LogP contribution is 2.15. The molecule has 19 heavy (non-hydrogen) atoms. The van der Waals surface area contributed by atoms with Crippen LogP contribution in [-0.4, -0.2) is 17.6 Å². The lowest BCUT2D eigenvalue weighted by molar-refractivity contribution is 0.0952. The van der Waals surface area contributed by atoms with E-state index in [-0.39, 0.29) is 12.5 Å². The van der Waals surface area contributed by atoms with E-state index >= 15 is 0 Å². The number of aryl methyl sites for hydroxylation is 1. The van der Waals surface area contributed by atoms with Crippen LogP contribution in [0.3, 0.4) is 0 Å². The van der Waals surface area contributed by atoms with E-state index in [2.05, 4.69) is 17.2 Å². The Balaban J connectivity index is 1.94. The summed E-state index contributed by atoms with van der Waals surface area (Å²) in [4.78, 5) is 13.2. The van der Waals surface area contributed by atoms with Crippen LogP contribution < -0.4 is 5.32 Å². The molecular weight excluding hydrogens is 262 g/mol. The van der Waals surface area contributed by atoms with Crippen molar-refractivity contribution in [3.05, 3.63) is 45.5 Å². The number of aliphatic hydroxyl groups excluding tert-OH is 1. The van der Waals surface area contributed by atoms with Crippen molar-refractivity contribution in [1.82, 2.24) is 5.32 Å². The molecule has 0 radical (unpaired) electrons. The normalized spacial score (nSPS) is 9.79. The number of nitrogens with one attached hydrogen (secondary N) is 1. The van der Waals surface area contributed by atoms with Crippen molar-refractivity contribution in [1.29, 1.82) is 0 Å². The molecule has 2 heterocycles. The van der Waals surface area contributed by atoms with E-state index in [1.165, 1.54) is 11.3 Å². The minimum absolute atomic E-state index is 0.156. The second-order valence-electron chi connectivity index (χ2n) is 3.82. The quantitative estimate of drug-likeness (QED) is 0.841. The molecule has 0 fully saturated rings. The lowest BCUT2D eigenvalue weighted by Crippen LogP contribution is -2.21. The maximum Gasteiger partial charge on any atom is 0.261 e. The van der Waals surface area contributed by atoms with E-state index in [1.54, 1.807) is 12.1 Å². The Morgan fingerprint density at radius 1 is 1.42 bits per heavy atom. The molecule has 98 valence electrons. The monoisotopic (exact) mass is 275 g/mol. The molecule has 4 nitrogen and oxygen atoms in total. The van der Waals surface area contributed by atoms with Gasteiger partial charge in [-0.3, -0.25) is 4.79 Å². The van der Waals surface area contributed by atoms with Crippen molar-refractivity contribution in [2.45, 2.75) is 13.5 Å². The number of amides is 1. The highest BCUT2D eigenvalue weighted by atomic mass is 32.1. The van der Waals surface area contributed by atoms with Crippen molar-refractivity contribution in [3.63, 3.8) is 0 Å². The zero-order valence-electron chi connectivity index (χ0n) is 10.4. The largest absolute Gasteiger partial charge is 0.465 e. The minimum atomic E-state index is -0.183. The van der Waals surface area contributed by atoms with Crippen LogP contribution in [0, 0.1) is 18.8 Å². The van der Waals surface area contributed by atoms with Crippen LogP contribution in [-0.2, 0) is 6.54 Å². The maximum absolute atomic E-state index is 11.9. The molecule has 0 aliphatic carbocycles. The van der Waals surface area contributed by atoms with Crippen molar-refractivity contribution >= 4 is 17.2 Å². The van der Waals surface area contributed by atoms with Crippen molar-refractivity contribution < 1.29 is 14.3 Å². The van der Waals surface area contributed by atoms with E-state index in [0.29, 0.717) is 11.4 Å². The Kier molecular flexibility index (Phi) is 4.39. The predicted octanol–water partition coefficient (Wildman–Crippen LogP) is 1.92. The fraction of sp³-hybridized carbons (Fsp3) is 0.214. The molecule has 0 saturated heterocycles. The third-order valence-electron chi connectivity index (χ3n) is 2.34. The number of carbonyl (C=O) groups excluding carboxylic acids is 1. The number of furan rings is 1. The van der Waals surface area contributed by atoms with Gasteiger partial charge in [-0.1, -0.05) is 11.8 Å². The molecule has 0 bridgehead atoms. The first-order valence-electron chi connectivity index (χ1n) is 5.72. The summed E-state index contributed by atoms with van der Waals surface area (Å²) in [6.45, 7) is 2.04. The van der Waals surface area contributed by atoms with Gasteiger partial charge in [-0.25, -0.2) is 0 Å². The summed E-state index contributed by atoms with van der Waals surface area (Å²) in [5, 5.41) is 11.4. The van der Waals surface area contributed by atoms with Crippen molar-refractivity contribution in [3.8, 4) is 11.8 Å². The van der Waals surface area contributed by atoms with Crippen LogP contribution in [0.25, 0.3) is 0 Å². The van der Waals surface area contributed by atoms with Crippen molar-refractivity contribution in [2.24, 2.45) is 0 Å². The fourth-order valence-electron chi connectivity index (χ4n) is 1.49. The summed E-state index contributed by atoms with van der Waals surface area (Å²) in [5.74, 6) is 6.70. The van der Waals surface area contributed by atoms with Gasteiger partial charge in [-0.2, -0.15) is 0 Å². The molecule has 0 spiro atoms. The Bertz CT molecular complexity index is 630. The first-order valence-corrected chi connectivity index (χ1v) is 6.54. The van der Waals surface area contributed by atoms with Gasteiger partial charge in [-0.15, -0.1) is 11.3 Å². The number of hydrogen-bond acceptors (Lipinski definition) is 4. The Morgan fingerprint density at radius 3 is 2.95 bits per heavy atom. The van der Waals surface area contributed by atoms with Crippen LogP contribution in [0.4, 0.5) is 0 Å². The van der Waals surface area contributed by atoms with Gasteiger partial charge in [-0.05, 0) is 31.2 Å². The second-order valence-corrected chi connectivity index (χ2v) is 4.90.